The van der Waals surface area contributed by atoms with Crippen LogP contribution < -0.4 is 14.8 Å². The molecule has 0 bridgehead atoms. The summed E-state index contributed by atoms with van der Waals surface area (Å²) in [5.41, 5.74) is 0. The summed E-state index contributed by atoms with van der Waals surface area (Å²) in [5.74, 6) is 1.19. The molecule has 15 heavy (non-hydrogen) atoms. The predicted octanol–water partition coefficient (Wildman–Crippen LogP) is 1.95. The van der Waals surface area contributed by atoms with E-state index in [1.807, 2.05) is 20.8 Å². The molecule has 1 rings (SSSR count). The van der Waals surface area contributed by atoms with Gasteiger partial charge in [-0.05, 0) is 6.92 Å². The van der Waals surface area contributed by atoms with Gasteiger partial charge in [0.15, 0.2) is 0 Å². The Labute approximate surface area is 90.8 Å². The topological polar surface area (TPSA) is 56.3 Å². The summed E-state index contributed by atoms with van der Waals surface area (Å²) < 4.78 is 9.87. The van der Waals surface area contributed by atoms with Crippen LogP contribution in [-0.4, -0.2) is 30.7 Å². The Hall–Kier alpha value is -1.52. The third-order valence-electron chi connectivity index (χ3n) is 1.43. The van der Waals surface area contributed by atoms with Crippen molar-refractivity contribution in [3.8, 4) is 11.9 Å². The maximum absolute atomic E-state index is 4.97. The van der Waals surface area contributed by atoms with E-state index in [1.165, 1.54) is 7.11 Å². The van der Waals surface area contributed by atoms with Crippen molar-refractivity contribution in [2.75, 3.05) is 26.1 Å². The summed E-state index contributed by atoms with van der Waals surface area (Å²) >= 11 is 0. The third-order valence-corrected chi connectivity index (χ3v) is 1.43. The second-order valence-corrected chi connectivity index (χ2v) is 2.31. The van der Waals surface area contributed by atoms with E-state index in [2.05, 4.69) is 15.3 Å². The van der Waals surface area contributed by atoms with Gasteiger partial charge in [0.25, 0.3) is 0 Å². The van der Waals surface area contributed by atoms with Gasteiger partial charge < -0.3 is 14.8 Å². The molecule has 0 fully saturated rings. The number of nitrogens with one attached hydrogen (secondary N) is 1. The van der Waals surface area contributed by atoms with Crippen LogP contribution in [0.3, 0.4) is 0 Å². The third kappa shape index (κ3) is 4.49. The molecule has 5 nitrogen and oxygen atoms in total. The Morgan fingerprint density at radius 2 is 1.87 bits per heavy atom. The maximum Gasteiger partial charge on any atom is 0.321 e. The van der Waals surface area contributed by atoms with E-state index in [9.17, 15) is 0 Å². The lowest BCUT2D eigenvalue weighted by Gasteiger charge is -2.06. The lowest BCUT2D eigenvalue weighted by atomic mass is 10.5. The van der Waals surface area contributed by atoms with Crippen LogP contribution in [-0.2, 0) is 0 Å². The van der Waals surface area contributed by atoms with E-state index in [0.717, 1.165) is 6.54 Å². The minimum Gasteiger partial charge on any atom is -0.481 e. The van der Waals surface area contributed by atoms with Crippen molar-refractivity contribution in [2.24, 2.45) is 0 Å². The molecule has 1 aromatic rings. The first-order chi connectivity index (χ1) is 7.30. The summed E-state index contributed by atoms with van der Waals surface area (Å²) in [5, 5.41) is 3.05. The molecule has 86 valence electrons. The second-order valence-electron chi connectivity index (χ2n) is 2.31. The molecule has 0 radical (unpaired) electrons. The summed E-state index contributed by atoms with van der Waals surface area (Å²) in [6.45, 7) is 6.78. The van der Waals surface area contributed by atoms with Crippen molar-refractivity contribution in [3.05, 3.63) is 6.07 Å². The molecule has 0 saturated carbocycles. The van der Waals surface area contributed by atoms with E-state index >= 15 is 0 Å². The molecule has 0 saturated heterocycles. The monoisotopic (exact) mass is 213 g/mol. The average molecular weight is 213 g/mol. The Morgan fingerprint density at radius 1 is 1.20 bits per heavy atom. The molecular weight excluding hydrogens is 194 g/mol. The van der Waals surface area contributed by atoms with Gasteiger partial charge in [-0.3, -0.25) is 0 Å². The number of rotatable bonds is 4. The molecule has 0 atom stereocenters. The largest absolute Gasteiger partial charge is 0.481 e. The summed E-state index contributed by atoms with van der Waals surface area (Å²) in [6.07, 6.45) is 0. The minimum atomic E-state index is 0.301. The van der Waals surface area contributed by atoms with E-state index in [1.54, 1.807) is 13.2 Å². The van der Waals surface area contributed by atoms with E-state index in [4.69, 9.17) is 9.47 Å². The number of hydrogen-bond acceptors (Lipinski definition) is 5. The molecule has 0 aromatic carbocycles. The van der Waals surface area contributed by atoms with Gasteiger partial charge >= 0.3 is 6.01 Å². The average Bonchev–Trinajstić information content (AvgIpc) is 2.31. The molecule has 0 amide bonds. The molecular formula is C10H19N3O2. The Kier molecular flexibility index (Phi) is 7.05. The second kappa shape index (κ2) is 7.84. The van der Waals surface area contributed by atoms with E-state index in [0.29, 0.717) is 17.7 Å². The van der Waals surface area contributed by atoms with Crippen molar-refractivity contribution in [3.63, 3.8) is 0 Å². The molecule has 0 aliphatic carbocycles. The van der Waals surface area contributed by atoms with Gasteiger partial charge in [0, 0.05) is 12.6 Å². The normalized spacial score (nSPS) is 8.60. The molecule has 1 aromatic heterocycles. The molecule has 1 N–H and O–H groups in total. The zero-order chi connectivity index (χ0) is 11.7. The van der Waals surface area contributed by atoms with Crippen LogP contribution in [0, 0.1) is 0 Å². The van der Waals surface area contributed by atoms with E-state index < -0.39 is 0 Å². The standard InChI is InChI=1S/C8H13N3O2.C2H6/c1-4-9-6-5-7(12-2)11-8(10-6)13-3;1-2/h5H,4H2,1-3H3,(H,9,10,11);1-2H3. The van der Waals surface area contributed by atoms with Crippen LogP contribution in [0.2, 0.25) is 0 Å². The molecule has 0 aliphatic heterocycles. The fourth-order valence-electron chi connectivity index (χ4n) is 0.871. The molecule has 1 heterocycles. The molecule has 0 unspecified atom stereocenters. The zero-order valence-electron chi connectivity index (χ0n) is 10.00. The summed E-state index contributed by atoms with van der Waals surface area (Å²) in [7, 11) is 3.07. The smallest absolute Gasteiger partial charge is 0.321 e. The first kappa shape index (κ1) is 13.5. The number of methoxy groups -OCH3 is 2. The molecule has 0 aliphatic rings. The Morgan fingerprint density at radius 3 is 2.33 bits per heavy atom. The van der Waals surface area contributed by atoms with Crippen LogP contribution in [0.1, 0.15) is 20.8 Å². The van der Waals surface area contributed by atoms with Crippen LogP contribution in [0.15, 0.2) is 6.07 Å². The summed E-state index contributed by atoms with van der Waals surface area (Å²) in [6, 6.07) is 2.02. The number of anilines is 1. The van der Waals surface area contributed by atoms with Crippen LogP contribution >= 0.6 is 0 Å². The lowest BCUT2D eigenvalue weighted by molar-refractivity contribution is 0.353. The fraction of sp³-hybridized carbons (Fsp3) is 0.600. The Bertz CT molecular complexity index is 257. The van der Waals surface area contributed by atoms with Gasteiger partial charge in [0.2, 0.25) is 5.88 Å². The van der Waals surface area contributed by atoms with Gasteiger partial charge in [-0.15, -0.1) is 0 Å². The predicted molar refractivity (Wildman–Crippen MR) is 60.6 cm³/mol. The van der Waals surface area contributed by atoms with Crippen molar-refractivity contribution in [2.45, 2.75) is 20.8 Å². The Balaban J connectivity index is 0.000000921. The SMILES string of the molecule is CC.CCNc1cc(OC)nc(OC)n1. The van der Waals surface area contributed by atoms with Crippen LogP contribution in [0.4, 0.5) is 5.82 Å². The number of ether oxygens (including phenoxy) is 2. The molecule has 5 heteroatoms. The van der Waals surface area contributed by atoms with E-state index in [-0.39, 0.29) is 0 Å². The number of nitrogens with zero attached hydrogens (tertiary/aromatic N) is 2. The van der Waals surface area contributed by atoms with Crippen molar-refractivity contribution in [1.29, 1.82) is 0 Å². The highest BCUT2D eigenvalue weighted by atomic mass is 16.5. The van der Waals surface area contributed by atoms with Gasteiger partial charge in [-0.1, -0.05) is 13.8 Å². The highest BCUT2D eigenvalue weighted by Crippen LogP contribution is 2.16. The van der Waals surface area contributed by atoms with Gasteiger partial charge in [-0.2, -0.15) is 9.97 Å². The zero-order valence-corrected chi connectivity index (χ0v) is 10.00. The fourth-order valence-corrected chi connectivity index (χ4v) is 0.871. The minimum absolute atomic E-state index is 0.301. The van der Waals surface area contributed by atoms with Crippen LogP contribution in [0.5, 0.6) is 11.9 Å². The van der Waals surface area contributed by atoms with Crippen molar-refractivity contribution in [1.82, 2.24) is 9.97 Å². The van der Waals surface area contributed by atoms with Gasteiger partial charge in [0.05, 0.1) is 14.2 Å². The molecule has 0 spiro atoms. The van der Waals surface area contributed by atoms with Crippen molar-refractivity contribution >= 4 is 5.82 Å². The number of aromatic nitrogens is 2. The quantitative estimate of drug-likeness (QED) is 0.828. The summed E-state index contributed by atoms with van der Waals surface area (Å²) in [4.78, 5) is 8.02. The van der Waals surface area contributed by atoms with Gasteiger partial charge in [-0.25, -0.2) is 0 Å². The highest BCUT2D eigenvalue weighted by Gasteiger charge is 2.03. The lowest BCUT2D eigenvalue weighted by Crippen LogP contribution is -2.03. The number of hydrogen-bond donors (Lipinski definition) is 1. The van der Waals surface area contributed by atoms with Gasteiger partial charge in [0.1, 0.15) is 5.82 Å². The first-order valence-corrected chi connectivity index (χ1v) is 5.01. The first-order valence-electron chi connectivity index (χ1n) is 5.01. The maximum atomic E-state index is 4.97. The van der Waals surface area contributed by atoms with Crippen molar-refractivity contribution < 1.29 is 9.47 Å². The van der Waals surface area contributed by atoms with Crippen LogP contribution in [0.25, 0.3) is 0 Å². The highest BCUT2D eigenvalue weighted by molar-refractivity contribution is 5.39.